The van der Waals surface area contributed by atoms with Crippen LogP contribution in [0.2, 0.25) is 0 Å². The number of aliphatic hydroxyl groups excluding tert-OH is 1. The van der Waals surface area contributed by atoms with Crippen molar-refractivity contribution in [1.29, 1.82) is 0 Å². The van der Waals surface area contributed by atoms with Crippen molar-refractivity contribution in [3.8, 4) is 0 Å². The van der Waals surface area contributed by atoms with E-state index in [0.29, 0.717) is 11.3 Å². The van der Waals surface area contributed by atoms with Gasteiger partial charge in [0.25, 0.3) is 5.91 Å². The highest BCUT2D eigenvalue weighted by Gasteiger charge is 2.22. The number of amides is 1. The van der Waals surface area contributed by atoms with Crippen molar-refractivity contribution in [2.75, 3.05) is 24.2 Å². The molecule has 0 spiro atoms. The van der Waals surface area contributed by atoms with E-state index in [1.807, 2.05) is 62.4 Å². The number of aliphatic hydroxyl groups is 1. The van der Waals surface area contributed by atoms with Crippen LogP contribution >= 0.6 is 0 Å². The average molecular weight is 398 g/mol. The highest BCUT2D eigenvalue weighted by atomic mass is 16.3. The minimum Gasteiger partial charge on any atom is -0.394 e. The standard InChI is InChI=1S/C24H35N3O2/c1-6-10-12-19(11-7-2)21(17-25-5)23(28)24(29)27-20-13-14-22(26-15-8-3)18(9-4)16-20/h6-7,10-14,16-17,23,25-26,28H,8-9,15H2,1-5H3,(H,27,29)/b10-6-,11-7-,19-12+,21-17+. The van der Waals surface area contributed by atoms with Crippen molar-refractivity contribution in [2.24, 2.45) is 0 Å². The highest BCUT2D eigenvalue weighted by Crippen LogP contribution is 2.23. The number of hydrogen-bond donors (Lipinski definition) is 4. The molecule has 0 saturated carbocycles. The van der Waals surface area contributed by atoms with E-state index in [9.17, 15) is 9.90 Å². The maximum absolute atomic E-state index is 12.8. The molecular formula is C24H35N3O2. The number of benzene rings is 1. The first-order valence-electron chi connectivity index (χ1n) is 10.2. The lowest BCUT2D eigenvalue weighted by Gasteiger charge is -2.18. The predicted molar refractivity (Wildman–Crippen MR) is 124 cm³/mol. The van der Waals surface area contributed by atoms with Crippen LogP contribution in [-0.2, 0) is 11.2 Å². The summed E-state index contributed by atoms with van der Waals surface area (Å²) in [6, 6.07) is 5.77. The summed E-state index contributed by atoms with van der Waals surface area (Å²) in [7, 11) is 1.74. The minimum absolute atomic E-state index is 0.473. The fourth-order valence-electron chi connectivity index (χ4n) is 2.85. The van der Waals surface area contributed by atoms with Gasteiger partial charge in [0, 0.05) is 36.7 Å². The average Bonchev–Trinajstić information content (AvgIpc) is 2.73. The van der Waals surface area contributed by atoms with Crippen LogP contribution in [0.4, 0.5) is 11.4 Å². The van der Waals surface area contributed by atoms with E-state index in [2.05, 4.69) is 29.8 Å². The van der Waals surface area contributed by atoms with Gasteiger partial charge in [-0.05, 0) is 56.0 Å². The Morgan fingerprint density at radius 2 is 1.97 bits per heavy atom. The van der Waals surface area contributed by atoms with E-state index < -0.39 is 12.0 Å². The summed E-state index contributed by atoms with van der Waals surface area (Å²) in [4.78, 5) is 12.8. The molecule has 1 amide bonds. The molecule has 0 aliphatic carbocycles. The molecule has 5 heteroatoms. The molecule has 0 aromatic heterocycles. The third-order valence-electron chi connectivity index (χ3n) is 4.31. The van der Waals surface area contributed by atoms with Gasteiger partial charge in [-0.3, -0.25) is 4.79 Å². The van der Waals surface area contributed by atoms with Gasteiger partial charge >= 0.3 is 0 Å². The molecule has 0 saturated heterocycles. The quantitative estimate of drug-likeness (QED) is 0.413. The topological polar surface area (TPSA) is 73.4 Å². The van der Waals surface area contributed by atoms with Gasteiger partial charge in [-0.25, -0.2) is 0 Å². The minimum atomic E-state index is -1.31. The molecule has 1 unspecified atom stereocenters. The van der Waals surface area contributed by atoms with E-state index in [1.165, 1.54) is 0 Å². The van der Waals surface area contributed by atoms with Gasteiger partial charge in [0.15, 0.2) is 6.10 Å². The predicted octanol–water partition coefficient (Wildman–Crippen LogP) is 4.55. The van der Waals surface area contributed by atoms with Crippen molar-refractivity contribution >= 4 is 17.3 Å². The van der Waals surface area contributed by atoms with Crippen molar-refractivity contribution in [1.82, 2.24) is 5.32 Å². The zero-order chi connectivity index (χ0) is 21.6. The van der Waals surface area contributed by atoms with Crippen LogP contribution in [0.1, 0.15) is 39.7 Å². The van der Waals surface area contributed by atoms with Crippen LogP contribution in [-0.4, -0.2) is 30.7 Å². The third-order valence-corrected chi connectivity index (χ3v) is 4.31. The van der Waals surface area contributed by atoms with E-state index in [4.69, 9.17) is 0 Å². The molecule has 158 valence electrons. The Kier molecular flexibility index (Phi) is 11.2. The van der Waals surface area contributed by atoms with E-state index >= 15 is 0 Å². The van der Waals surface area contributed by atoms with Crippen LogP contribution in [0.25, 0.3) is 0 Å². The number of allylic oxidation sites excluding steroid dienone is 5. The van der Waals surface area contributed by atoms with Crippen LogP contribution in [0.15, 0.2) is 65.9 Å². The molecule has 0 aliphatic rings. The normalized spacial score (nSPS) is 13.7. The monoisotopic (exact) mass is 397 g/mol. The molecule has 0 bridgehead atoms. The lowest BCUT2D eigenvalue weighted by Crippen LogP contribution is -2.30. The Hall–Kier alpha value is -2.79. The Labute approximate surface area is 175 Å². The largest absolute Gasteiger partial charge is 0.394 e. The number of carbonyl (C=O) groups excluding carboxylic acids is 1. The van der Waals surface area contributed by atoms with Gasteiger partial charge in [-0.15, -0.1) is 0 Å². The molecule has 1 aromatic rings. The molecule has 0 radical (unpaired) electrons. The van der Waals surface area contributed by atoms with Crippen LogP contribution in [0.3, 0.4) is 0 Å². The third kappa shape index (κ3) is 7.62. The molecule has 29 heavy (non-hydrogen) atoms. The second-order valence-corrected chi connectivity index (χ2v) is 6.58. The first kappa shape index (κ1) is 24.2. The smallest absolute Gasteiger partial charge is 0.257 e. The molecule has 0 fully saturated rings. The summed E-state index contributed by atoms with van der Waals surface area (Å²) in [5.74, 6) is -0.473. The number of rotatable bonds is 11. The van der Waals surface area contributed by atoms with E-state index in [-0.39, 0.29) is 0 Å². The zero-order valence-electron chi connectivity index (χ0n) is 18.3. The van der Waals surface area contributed by atoms with Crippen LogP contribution < -0.4 is 16.0 Å². The molecule has 1 atom stereocenters. The Bertz CT molecular complexity index is 776. The molecule has 4 N–H and O–H groups in total. The molecule has 5 nitrogen and oxygen atoms in total. The summed E-state index contributed by atoms with van der Waals surface area (Å²) in [6.45, 7) is 8.92. The maximum Gasteiger partial charge on any atom is 0.257 e. The Balaban J connectivity index is 3.08. The molecule has 1 aromatic carbocycles. The summed E-state index contributed by atoms with van der Waals surface area (Å²) in [5, 5.41) is 19.9. The maximum atomic E-state index is 12.8. The van der Waals surface area contributed by atoms with E-state index in [1.54, 1.807) is 13.2 Å². The molecular weight excluding hydrogens is 362 g/mol. The second-order valence-electron chi connectivity index (χ2n) is 6.58. The van der Waals surface area contributed by atoms with Gasteiger partial charge in [0.05, 0.1) is 0 Å². The number of carbonyl (C=O) groups is 1. The molecule has 1 rings (SSSR count). The number of nitrogens with one attached hydrogen (secondary N) is 3. The first-order valence-corrected chi connectivity index (χ1v) is 10.2. The summed E-state index contributed by atoms with van der Waals surface area (Å²) < 4.78 is 0. The summed E-state index contributed by atoms with van der Waals surface area (Å²) >= 11 is 0. The van der Waals surface area contributed by atoms with Crippen molar-refractivity contribution < 1.29 is 9.90 Å². The molecule has 0 heterocycles. The zero-order valence-corrected chi connectivity index (χ0v) is 18.3. The van der Waals surface area contributed by atoms with Gasteiger partial charge in [0.1, 0.15) is 0 Å². The Morgan fingerprint density at radius 1 is 1.21 bits per heavy atom. The number of aryl methyl sites for hydroxylation is 1. The first-order chi connectivity index (χ1) is 14.0. The van der Waals surface area contributed by atoms with Gasteiger partial charge in [-0.1, -0.05) is 44.2 Å². The van der Waals surface area contributed by atoms with Gasteiger partial charge in [-0.2, -0.15) is 0 Å². The summed E-state index contributed by atoms with van der Waals surface area (Å²) in [5.41, 5.74) is 4.13. The van der Waals surface area contributed by atoms with Gasteiger partial charge in [0.2, 0.25) is 0 Å². The van der Waals surface area contributed by atoms with Crippen LogP contribution in [0.5, 0.6) is 0 Å². The lowest BCUT2D eigenvalue weighted by molar-refractivity contribution is -0.122. The molecule has 0 aliphatic heterocycles. The van der Waals surface area contributed by atoms with Crippen LogP contribution in [0, 0.1) is 0 Å². The van der Waals surface area contributed by atoms with Crippen molar-refractivity contribution in [3.05, 3.63) is 71.5 Å². The van der Waals surface area contributed by atoms with Crippen molar-refractivity contribution in [2.45, 2.75) is 46.6 Å². The fraction of sp³-hybridized carbons (Fsp3) is 0.375. The van der Waals surface area contributed by atoms with Crippen molar-refractivity contribution in [3.63, 3.8) is 0 Å². The Morgan fingerprint density at radius 3 is 2.55 bits per heavy atom. The number of anilines is 2. The second kappa shape index (κ2) is 13.4. The number of hydrogen-bond acceptors (Lipinski definition) is 4. The SMILES string of the molecule is C\C=C/C=C(\C=C/C)C(=C\NC)/C(O)C(=O)Nc1ccc(NCCC)c(CC)c1. The lowest BCUT2D eigenvalue weighted by atomic mass is 9.99. The highest BCUT2D eigenvalue weighted by molar-refractivity contribution is 5.97. The summed E-state index contributed by atoms with van der Waals surface area (Å²) in [6.07, 6.45) is 11.6. The van der Waals surface area contributed by atoms with E-state index in [0.717, 1.165) is 36.2 Å². The fourth-order valence-corrected chi connectivity index (χ4v) is 2.85. The van der Waals surface area contributed by atoms with Gasteiger partial charge < -0.3 is 21.1 Å².